The third kappa shape index (κ3) is 9.09. The monoisotopic (exact) mass is 1290 g/mol. The zero-order valence-corrected chi connectivity index (χ0v) is 57.5. The van der Waals surface area contributed by atoms with Crippen LogP contribution in [0.15, 0.2) is 352 Å². The molecule has 0 amide bonds. The van der Waals surface area contributed by atoms with E-state index in [1.165, 1.54) is 208 Å². The van der Waals surface area contributed by atoms with Crippen molar-refractivity contribution in [2.24, 2.45) is 0 Å². The van der Waals surface area contributed by atoms with Crippen LogP contribution in [0.2, 0.25) is 0 Å². The molecule has 0 N–H and O–H groups in total. The van der Waals surface area contributed by atoms with Gasteiger partial charge in [-0.3, -0.25) is 0 Å². The molecule has 0 aliphatic heterocycles. The lowest BCUT2D eigenvalue weighted by Gasteiger charge is -2.23. The van der Waals surface area contributed by atoms with E-state index >= 15 is 0 Å². The van der Waals surface area contributed by atoms with E-state index in [1.807, 2.05) is 0 Å². The van der Waals surface area contributed by atoms with Gasteiger partial charge < -0.3 is 0 Å². The molecule has 0 radical (unpaired) electrons. The van der Waals surface area contributed by atoms with E-state index < -0.39 is 0 Å². The van der Waals surface area contributed by atoms with E-state index in [0.717, 1.165) is 0 Å². The lowest BCUT2D eigenvalue weighted by molar-refractivity contribution is 0.666. The molecule has 0 saturated heterocycles. The summed E-state index contributed by atoms with van der Waals surface area (Å²) in [6, 6.07) is 131. The first-order chi connectivity index (χ1) is 50.1. The van der Waals surface area contributed by atoms with Crippen molar-refractivity contribution in [1.82, 2.24) is 0 Å². The van der Waals surface area contributed by atoms with E-state index in [9.17, 15) is 0 Å². The van der Waals surface area contributed by atoms with Crippen molar-refractivity contribution < 1.29 is 0 Å². The predicted octanol–water partition coefficient (Wildman–Crippen LogP) is 28.4. The molecule has 0 heterocycles. The maximum absolute atomic E-state index is 2.42. The van der Waals surface area contributed by atoms with E-state index in [4.69, 9.17) is 0 Å². The van der Waals surface area contributed by atoms with Crippen LogP contribution in [-0.2, 0) is 10.8 Å². The van der Waals surface area contributed by atoms with Crippen LogP contribution in [0.25, 0.3) is 186 Å². The Morgan fingerprint density at radius 1 is 0.157 bits per heavy atom. The number of benzene rings is 19. The third-order valence-corrected chi connectivity index (χ3v) is 23.0. The Morgan fingerprint density at radius 3 is 0.892 bits per heavy atom. The van der Waals surface area contributed by atoms with E-state index in [0.29, 0.717) is 0 Å². The molecule has 0 heteroatoms. The second kappa shape index (κ2) is 23.0. The van der Waals surface area contributed by atoms with Gasteiger partial charge in [0.05, 0.1) is 0 Å². The Labute approximate surface area is 594 Å². The van der Waals surface area contributed by atoms with Gasteiger partial charge in [0.25, 0.3) is 0 Å². The first-order valence-corrected chi connectivity index (χ1v) is 36.0. The molecule has 2 aliphatic carbocycles. The van der Waals surface area contributed by atoms with Crippen molar-refractivity contribution in [1.29, 1.82) is 0 Å². The standard InChI is InChI=1S/C53H36.C49H34/c1-53(2)49-30-28-36(31-47(49)46-29-27-34-13-3-6-16-39(34)52(46)53)33-23-25-35(26-24-33)50-42-19-9-11-21-44(42)51(45-22-12-10-20-43(45)50)48-32-37-14-4-5-15-38(37)40-17-7-8-18-41(40)48;1-49(2)45-29-27-35(30-44(45)43-28-26-33-13-4-6-16-37(33)48(43)49)31-22-24-34(25-23-31)46-39-17-7-9-19-41(39)47(42-20-10-8-18-40(42)46)38-21-11-14-32-12-3-5-15-36(32)38/h3-32H,1-2H3;3-30H,1-2H3. The number of hydrogen-bond donors (Lipinski definition) is 0. The van der Waals surface area contributed by atoms with Crippen molar-refractivity contribution in [3.63, 3.8) is 0 Å². The molecule has 0 fully saturated rings. The largest absolute Gasteiger partial charge is 0.0616 e. The molecule has 2 aliphatic rings. The van der Waals surface area contributed by atoms with Gasteiger partial charge in [0.15, 0.2) is 0 Å². The fraction of sp³-hybridized carbons (Fsp3) is 0.0588. The maximum atomic E-state index is 2.42. The summed E-state index contributed by atoms with van der Waals surface area (Å²) in [5.41, 5.74) is 26.2. The van der Waals surface area contributed by atoms with Gasteiger partial charge in [0, 0.05) is 10.8 Å². The van der Waals surface area contributed by atoms with E-state index in [1.54, 1.807) is 0 Å². The van der Waals surface area contributed by atoms with Gasteiger partial charge in [0.1, 0.15) is 0 Å². The molecule has 19 aromatic rings. The second-order valence-electron chi connectivity index (χ2n) is 29.2. The summed E-state index contributed by atoms with van der Waals surface area (Å²) < 4.78 is 0. The SMILES string of the molecule is CC1(C)c2ccc(-c3ccc(-c4c5ccccc5c(-c5cc6ccccc6c6ccccc56)c5ccccc45)cc3)cc2-c2ccc3ccccc3c21.CC1(C)c2ccc(-c3ccc(-c4c5ccccc5c(-c5cccc6ccccc56)c5ccccc45)cc3)cc2-c2ccc3ccccc3c21. The highest BCUT2D eigenvalue weighted by atomic mass is 14.4. The van der Waals surface area contributed by atoms with Crippen molar-refractivity contribution >= 4 is 97.0 Å². The normalized spacial score (nSPS) is 13.3. The van der Waals surface area contributed by atoms with Gasteiger partial charge in [0.2, 0.25) is 0 Å². The third-order valence-electron chi connectivity index (χ3n) is 23.0. The van der Waals surface area contributed by atoms with Crippen molar-refractivity contribution in [3.8, 4) is 89.0 Å². The molecule has 0 nitrogen and oxygen atoms in total. The second-order valence-corrected chi connectivity index (χ2v) is 29.2. The van der Waals surface area contributed by atoms with Gasteiger partial charge in [-0.2, -0.15) is 0 Å². The molecule has 0 aromatic heterocycles. The van der Waals surface area contributed by atoms with Crippen LogP contribution in [0.4, 0.5) is 0 Å². The smallest absolute Gasteiger partial charge is 0.0165 e. The van der Waals surface area contributed by atoms with Crippen molar-refractivity contribution in [2.45, 2.75) is 38.5 Å². The van der Waals surface area contributed by atoms with Crippen LogP contribution in [0.5, 0.6) is 0 Å². The lowest BCUT2D eigenvalue weighted by atomic mass is 9.80. The van der Waals surface area contributed by atoms with Crippen LogP contribution in [0.3, 0.4) is 0 Å². The summed E-state index contributed by atoms with van der Waals surface area (Å²) in [4.78, 5) is 0. The average Bonchev–Trinajstić information content (AvgIpc) is 1.33. The first-order valence-electron chi connectivity index (χ1n) is 36.0. The topological polar surface area (TPSA) is 0 Å². The Morgan fingerprint density at radius 2 is 0.461 bits per heavy atom. The predicted molar refractivity (Wildman–Crippen MR) is 438 cm³/mol. The number of rotatable bonds is 6. The molecular formula is C102H70. The van der Waals surface area contributed by atoms with Crippen LogP contribution in [0.1, 0.15) is 49.9 Å². The Kier molecular flexibility index (Phi) is 13.5. The fourth-order valence-electron chi connectivity index (χ4n) is 18.4. The van der Waals surface area contributed by atoms with Crippen LogP contribution in [-0.4, -0.2) is 0 Å². The van der Waals surface area contributed by atoms with Crippen molar-refractivity contribution in [3.05, 3.63) is 374 Å². The summed E-state index contributed by atoms with van der Waals surface area (Å²) >= 11 is 0. The van der Waals surface area contributed by atoms with Crippen LogP contribution < -0.4 is 0 Å². The minimum atomic E-state index is -0.0542. The molecule has 0 atom stereocenters. The Hall–Kier alpha value is -12.5. The minimum Gasteiger partial charge on any atom is -0.0616 e. The highest BCUT2D eigenvalue weighted by molar-refractivity contribution is 6.27. The zero-order valence-electron chi connectivity index (χ0n) is 57.5. The van der Waals surface area contributed by atoms with Gasteiger partial charge in [-0.25, -0.2) is 0 Å². The van der Waals surface area contributed by atoms with Gasteiger partial charge in [-0.15, -0.1) is 0 Å². The molecule has 21 rings (SSSR count). The quantitative estimate of drug-likeness (QED) is 0.115. The highest BCUT2D eigenvalue weighted by Gasteiger charge is 2.39. The van der Waals surface area contributed by atoms with Crippen LogP contribution >= 0.6 is 0 Å². The van der Waals surface area contributed by atoms with Crippen molar-refractivity contribution in [2.75, 3.05) is 0 Å². The molecule has 0 saturated carbocycles. The maximum Gasteiger partial charge on any atom is 0.0165 e. The fourth-order valence-corrected chi connectivity index (χ4v) is 18.4. The average molecular weight is 1300 g/mol. The van der Waals surface area contributed by atoms with E-state index in [2.05, 4.69) is 380 Å². The molecule has 19 aromatic carbocycles. The Balaban J connectivity index is 0.000000137. The molecule has 478 valence electrons. The Bertz CT molecular complexity index is 6600. The summed E-state index contributed by atoms with van der Waals surface area (Å²) in [6.07, 6.45) is 0. The summed E-state index contributed by atoms with van der Waals surface area (Å²) in [6.45, 7) is 9.50. The molecule has 0 unspecified atom stereocenters. The first kappa shape index (κ1) is 59.6. The van der Waals surface area contributed by atoms with Gasteiger partial charge >= 0.3 is 0 Å². The zero-order chi connectivity index (χ0) is 68.0. The highest BCUT2D eigenvalue weighted by Crippen LogP contribution is 2.55. The number of fused-ring (bicyclic) bond motifs is 18. The summed E-state index contributed by atoms with van der Waals surface area (Å²) in [5, 5.41) is 23.2. The lowest BCUT2D eigenvalue weighted by Crippen LogP contribution is -2.15. The molecule has 0 bridgehead atoms. The van der Waals surface area contributed by atoms with Gasteiger partial charge in [-0.1, -0.05) is 361 Å². The summed E-state index contributed by atoms with van der Waals surface area (Å²) in [5.74, 6) is 0. The van der Waals surface area contributed by atoms with E-state index in [-0.39, 0.29) is 10.8 Å². The molecule has 0 spiro atoms. The van der Waals surface area contributed by atoms with Crippen LogP contribution in [0, 0.1) is 0 Å². The molecule has 102 heavy (non-hydrogen) atoms. The summed E-state index contributed by atoms with van der Waals surface area (Å²) in [7, 11) is 0. The number of hydrogen-bond acceptors (Lipinski definition) is 0. The minimum absolute atomic E-state index is 0.0474. The van der Waals surface area contributed by atoms with Gasteiger partial charge in [-0.05, 0) is 226 Å². The molecular weight excluding hydrogens is 1230 g/mol.